The van der Waals surface area contributed by atoms with Crippen LogP contribution in [0.1, 0.15) is 50.8 Å². The molecule has 1 aliphatic carbocycles. The quantitative estimate of drug-likeness (QED) is 0.839. The predicted molar refractivity (Wildman–Crippen MR) is 74.6 cm³/mol. The lowest BCUT2D eigenvalue weighted by molar-refractivity contribution is 0.393. The highest BCUT2D eigenvalue weighted by Gasteiger charge is 2.23. The van der Waals surface area contributed by atoms with E-state index in [1.54, 1.807) is 0 Å². The summed E-state index contributed by atoms with van der Waals surface area (Å²) in [5, 5.41) is 4.60. The number of halogens is 1. The van der Waals surface area contributed by atoms with E-state index in [1.165, 1.54) is 24.0 Å². The van der Waals surface area contributed by atoms with Crippen molar-refractivity contribution >= 4 is 11.6 Å². The first kappa shape index (κ1) is 12.9. The second kappa shape index (κ2) is 5.41. The summed E-state index contributed by atoms with van der Waals surface area (Å²) in [6.45, 7) is 6.84. The molecule has 2 rings (SSSR count). The lowest BCUT2D eigenvalue weighted by atomic mass is 10.0. The summed E-state index contributed by atoms with van der Waals surface area (Å²) in [7, 11) is 0. The van der Waals surface area contributed by atoms with Gasteiger partial charge in [0, 0.05) is 17.1 Å². The number of benzene rings is 1. The lowest BCUT2D eigenvalue weighted by Gasteiger charge is -2.21. The van der Waals surface area contributed by atoms with Crippen molar-refractivity contribution in [2.45, 2.75) is 52.1 Å². The zero-order valence-corrected chi connectivity index (χ0v) is 11.7. The normalized spacial score (nSPS) is 20.6. The Kier molecular flexibility index (Phi) is 4.11. The number of hydrogen-bond donors (Lipinski definition) is 1. The predicted octanol–water partition coefficient (Wildman–Crippen LogP) is 4.35. The van der Waals surface area contributed by atoms with Gasteiger partial charge in [-0.15, -0.1) is 0 Å². The van der Waals surface area contributed by atoms with Gasteiger partial charge in [0.15, 0.2) is 0 Å². The summed E-state index contributed by atoms with van der Waals surface area (Å²) in [5.74, 6) is 0.753. The van der Waals surface area contributed by atoms with E-state index in [0.717, 1.165) is 17.4 Å². The van der Waals surface area contributed by atoms with Gasteiger partial charge in [-0.05, 0) is 55.4 Å². The molecule has 0 fully saturated rings. The molecule has 1 aliphatic rings. The molecule has 94 valence electrons. The Morgan fingerprint density at radius 1 is 1.35 bits per heavy atom. The van der Waals surface area contributed by atoms with E-state index >= 15 is 0 Å². The average Bonchev–Trinajstić information content (AvgIpc) is 2.59. The van der Waals surface area contributed by atoms with Gasteiger partial charge in [-0.2, -0.15) is 0 Å². The molecule has 17 heavy (non-hydrogen) atoms. The molecule has 2 heteroatoms. The number of nitrogens with one attached hydrogen (secondary N) is 1. The molecule has 0 amide bonds. The highest BCUT2D eigenvalue weighted by molar-refractivity contribution is 6.30. The first-order chi connectivity index (χ1) is 8.06. The highest BCUT2D eigenvalue weighted by atomic mass is 35.5. The van der Waals surface area contributed by atoms with Gasteiger partial charge >= 0.3 is 0 Å². The van der Waals surface area contributed by atoms with Gasteiger partial charge in [-0.1, -0.05) is 31.5 Å². The zero-order valence-electron chi connectivity index (χ0n) is 11.0. The van der Waals surface area contributed by atoms with Gasteiger partial charge in [-0.25, -0.2) is 0 Å². The van der Waals surface area contributed by atoms with Crippen LogP contribution in [0.4, 0.5) is 0 Å². The van der Waals surface area contributed by atoms with E-state index in [0.29, 0.717) is 12.1 Å². The van der Waals surface area contributed by atoms with E-state index in [1.807, 2.05) is 6.07 Å². The second-order valence-corrected chi connectivity index (χ2v) is 6.07. The van der Waals surface area contributed by atoms with Crippen LogP contribution in [0, 0.1) is 5.92 Å². The van der Waals surface area contributed by atoms with Gasteiger partial charge < -0.3 is 5.32 Å². The molecule has 1 nitrogen and oxygen atoms in total. The Morgan fingerprint density at radius 2 is 2.12 bits per heavy atom. The first-order valence-corrected chi connectivity index (χ1v) is 6.98. The van der Waals surface area contributed by atoms with Gasteiger partial charge in [0.1, 0.15) is 0 Å². The molecular weight excluding hydrogens is 230 g/mol. The summed E-state index contributed by atoms with van der Waals surface area (Å²) < 4.78 is 0. The minimum atomic E-state index is 0.524. The molecule has 1 aromatic rings. The fraction of sp³-hybridized carbons (Fsp3) is 0.600. The van der Waals surface area contributed by atoms with Crippen LogP contribution in [0.2, 0.25) is 5.02 Å². The van der Waals surface area contributed by atoms with Crippen LogP contribution in [-0.4, -0.2) is 6.04 Å². The number of fused-ring (bicyclic) bond motifs is 1. The standard InChI is InChI=1S/C15H22ClN/c1-10(2)8-11(3)17-15-7-4-12-9-13(16)5-6-14(12)15/h5-6,9-11,15,17H,4,7-8H2,1-3H3. The molecule has 0 spiro atoms. The molecule has 0 saturated carbocycles. The summed E-state index contributed by atoms with van der Waals surface area (Å²) in [4.78, 5) is 0. The maximum Gasteiger partial charge on any atom is 0.0408 e. The molecule has 1 aromatic carbocycles. The van der Waals surface area contributed by atoms with Crippen LogP contribution in [0.15, 0.2) is 18.2 Å². The molecule has 2 atom stereocenters. The fourth-order valence-corrected chi connectivity index (χ4v) is 3.07. The molecular formula is C15H22ClN. The molecule has 0 aromatic heterocycles. The third kappa shape index (κ3) is 3.23. The van der Waals surface area contributed by atoms with E-state index in [2.05, 4.69) is 38.2 Å². The van der Waals surface area contributed by atoms with Crippen LogP contribution in [0.25, 0.3) is 0 Å². The van der Waals surface area contributed by atoms with Gasteiger partial charge in [-0.3, -0.25) is 0 Å². The first-order valence-electron chi connectivity index (χ1n) is 6.60. The van der Waals surface area contributed by atoms with Crippen molar-refractivity contribution in [2.75, 3.05) is 0 Å². The topological polar surface area (TPSA) is 12.0 Å². The third-order valence-corrected chi connectivity index (χ3v) is 3.73. The smallest absolute Gasteiger partial charge is 0.0408 e. The van der Waals surface area contributed by atoms with Crippen LogP contribution in [0.3, 0.4) is 0 Å². The summed E-state index contributed by atoms with van der Waals surface area (Å²) in [6, 6.07) is 7.42. The Balaban J connectivity index is 2.02. The average molecular weight is 252 g/mol. The maximum atomic E-state index is 6.03. The molecule has 0 aliphatic heterocycles. The van der Waals surface area contributed by atoms with Crippen molar-refractivity contribution in [1.82, 2.24) is 5.32 Å². The number of hydrogen-bond acceptors (Lipinski definition) is 1. The Morgan fingerprint density at radius 3 is 2.82 bits per heavy atom. The molecule has 0 bridgehead atoms. The second-order valence-electron chi connectivity index (χ2n) is 5.63. The summed E-state index contributed by atoms with van der Waals surface area (Å²) >= 11 is 6.03. The van der Waals surface area contributed by atoms with Crippen LogP contribution >= 0.6 is 11.6 Å². The Bertz CT molecular complexity index is 387. The molecule has 0 heterocycles. The van der Waals surface area contributed by atoms with Crippen LogP contribution in [0.5, 0.6) is 0 Å². The largest absolute Gasteiger partial charge is 0.307 e. The maximum absolute atomic E-state index is 6.03. The lowest BCUT2D eigenvalue weighted by Crippen LogP contribution is -2.30. The van der Waals surface area contributed by atoms with Crippen molar-refractivity contribution in [3.8, 4) is 0 Å². The third-order valence-electron chi connectivity index (χ3n) is 3.49. The minimum Gasteiger partial charge on any atom is -0.307 e. The monoisotopic (exact) mass is 251 g/mol. The van der Waals surface area contributed by atoms with E-state index in [9.17, 15) is 0 Å². The fourth-order valence-electron chi connectivity index (χ4n) is 2.88. The van der Waals surface area contributed by atoms with Crippen molar-refractivity contribution in [3.63, 3.8) is 0 Å². The number of rotatable bonds is 4. The molecule has 2 unspecified atom stereocenters. The van der Waals surface area contributed by atoms with Gasteiger partial charge in [0.05, 0.1) is 0 Å². The van der Waals surface area contributed by atoms with E-state index < -0.39 is 0 Å². The van der Waals surface area contributed by atoms with E-state index in [-0.39, 0.29) is 0 Å². The van der Waals surface area contributed by atoms with Crippen molar-refractivity contribution in [3.05, 3.63) is 34.3 Å². The molecule has 1 N–H and O–H groups in total. The highest BCUT2D eigenvalue weighted by Crippen LogP contribution is 2.33. The van der Waals surface area contributed by atoms with E-state index in [4.69, 9.17) is 11.6 Å². The van der Waals surface area contributed by atoms with Crippen LogP contribution in [-0.2, 0) is 6.42 Å². The van der Waals surface area contributed by atoms with Gasteiger partial charge in [0.2, 0.25) is 0 Å². The Labute approximate surface area is 110 Å². The van der Waals surface area contributed by atoms with Crippen molar-refractivity contribution in [1.29, 1.82) is 0 Å². The summed E-state index contributed by atoms with van der Waals surface area (Å²) in [6.07, 6.45) is 3.60. The van der Waals surface area contributed by atoms with Gasteiger partial charge in [0.25, 0.3) is 0 Å². The van der Waals surface area contributed by atoms with Crippen LogP contribution < -0.4 is 5.32 Å². The van der Waals surface area contributed by atoms with Crippen molar-refractivity contribution in [2.24, 2.45) is 5.92 Å². The molecule has 0 saturated heterocycles. The van der Waals surface area contributed by atoms with Crippen molar-refractivity contribution < 1.29 is 0 Å². The SMILES string of the molecule is CC(C)CC(C)NC1CCc2cc(Cl)ccc21. The zero-order chi connectivity index (χ0) is 12.4. The number of aryl methyl sites for hydroxylation is 1. The Hall–Kier alpha value is -0.530. The minimum absolute atomic E-state index is 0.524. The molecule has 0 radical (unpaired) electrons. The summed E-state index contributed by atoms with van der Waals surface area (Å²) in [5.41, 5.74) is 2.87.